The molecule has 1 fully saturated rings. The maximum Gasteiger partial charge on any atom is 0.313 e. The minimum absolute atomic E-state index is 0.220. The van der Waals surface area contributed by atoms with E-state index < -0.39 is 0 Å². The molecule has 0 aliphatic carbocycles. The van der Waals surface area contributed by atoms with Crippen LogP contribution in [0.15, 0.2) is 65.4 Å². The zero-order chi connectivity index (χ0) is 22.5. The van der Waals surface area contributed by atoms with Crippen LogP contribution in [0.3, 0.4) is 0 Å². The standard InChI is InChI=1S/C26H31N3O3/c1-4-28(18-22-11-8-16-31-22)21-13-15-29(17-21)25-24(32-26(30)19(2)3)23(12-14-27-25)20-9-6-5-7-10-20/h5-12,14,16,19,21H,4,13,15,17-18H2,1-3H3/t21-/m1/s1. The van der Waals surface area contributed by atoms with Crippen LogP contribution in [0.2, 0.25) is 0 Å². The van der Waals surface area contributed by atoms with Gasteiger partial charge in [-0.05, 0) is 36.7 Å². The van der Waals surface area contributed by atoms with Gasteiger partial charge in [0, 0.05) is 30.9 Å². The lowest BCUT2D eigenvalue weighted by Gasteiger charge is -2.27. The van der Waals surface area contributed by atoms with Crippen LogP contribution in [0.1, 0.15) is 33.0 Å². The summed E-state index contributed by atoms with van der Waals surface area (Å²) in [6.07, 6.45) is 4.54. The molecule has 32 heavy (non-hydrogen) atoms. The molecular formula is C26H31N3O3. The number of carbonyl (C=O) groups is 1. The van der Waals surface area contributed by atoms with Crippen LogP contribution in [-0.2, 0) is 11.3 Å². The summed E-state index contributed by atoms with van der Waals surface area (Å²) in [5.74, 6) is 1.78. The number of ether oxygens (including phenoxy) is 1. The first-order chi connectivity index (χ1) is 15.6. The second-order valence-corrected chi connectivity index (χ2v) is 8.48. The lowest BCUT2D eigenvalue weighted by Crippen LogP contribution is -2.37. The molecule has 0 spiro atoms. The number of carbonyl (C=O) groups excluding carboxylic acids is 1. The Morgan fingerprint density at radius 1 is 1.22 bits per heavy atom. The van der Waals surface area contributed by atoms with Gasteiger partial charge in [-0.25, -0.2) is 4.98 Å². The van der Waals surface area contributed by atoms with Crippen molar-refractivity contribution in [3.63, 3.8) is 0 Å². The van der Waals surface area contributed by atoms with Crippen molar-refractivity contribution in [2.75, 3.05) is 24.5 Å². The van der Waals surface area contributed by atoms with Crippen molar-refractivity contribution in [1.82, 2.24) is 9.88 Å². The van der Waals surface area contributed by atoms with Crippen molar-refractivity contribution in [3.8, 4) is 16.9 Å². The van der Waals surface area contributed by atoms with E-state index in [9.17, 15) is 4.79 Å². The lowest BCUT2D eigenvalue weighted by molar-refractivity contribution is -0.137. The third kappa shape index (κ3) is 4.86. The van der Waals surface area contributed by atoms with Gasteiger partial charge in [0.25, 0.3) is 0 Å². The molecule has 1 aliphatic heterocycles. The molecule has 1 aliphatic rings. The molecule has 2 aromatic heterocycles. The second kappa shape index (κ2) is 10.0. The number of rotatable bonds is 8. The van der Waals surface area contributed by atoms with E-state index >= 15 is 0 Å². The van der Waals surface area contributed by atoms with Crippen LogP contribution < -0.4 is 9.64 Å². The zero-order valence-electron chi connectivity index (χ0n) is 19.0. The van der Waals surface area contributed by atoms with E-state index in [-0.39, 0.29) is 11.9 Å². The van der Waals surface area contributed by atoms with Crippen molar-refractivity contribution >= 4 is 11.8 Å². The fourth-order valence-corrected chi connectivity index (χ4v) is 4.16. The number of pyridine rings is 1. The largest absolute Gasteiger partial charge is 0.468 e. The Labute approximate surface area is 189 Å². The molecule has 0 unspecified atom stereocenters. The van der Waals surface area contributed by atoms with E-state index in [1.807, 2.05) is 62.4 Å². The molecule has 3 heterocycles. The van der Waals surface area contributed by atoms with Crippen LogP contribution in [-0.4, -0.2) is 41.5 Å². The molecule has 0 saturated carbocycles. The summed E-state index contributed by atoms with van der Waals surface area (Å²) in [5, 5.41) is 0. The third-order valence-electron chi connectivity index (χ3n) is 5.97. The molecule has 6 nitrogen and oxygen atoms in total. The number of likely N-dealkylation sites (N-methyl/N-ethyl adjacent to an activating group) is 1. The summed E-state index contributed by atoms with van der Waals surface area (Å²) in [7, 11) is 0. The zero-order valence-corrected chi connectivity index (χ0v) is 19.0. The number of furan rings is 1. The Balaban J connectivity index is 1.62. The van der Waals surface area contributed by atoms with Gasteiger partial charge in [-0.1, -0.05) is 51.1 Å². The van der Waals surface area contributed by atoms with E-state index in [4.69, 9.17) is 9.15 Å². The van der Waals surface area contributed by atoms with Gasteiger partial charge in [0.15, 0.2) is 11.6 Å². The number of aromatic nitrogens is 1. The van der Waals surface area contributed by atoms with E-state index in [1.54, 1.807) is 12.5 Å². The lowest BCUT2D eigenvalue weighted by atomic mass is 10.1. The molecule has 0 amide bonds. The van der Waals surface area contributed by atoms with E-state index in [0.717, 1.165) is 55.3 Å². The van der Waals surface area contributed by atoms with Gasteiger partial charge in [-0.3, -0.25) is 9.69 Å². The van der Waals surface area contributed by atoms with Crippen LogP contribution in [0.5, 0.6) is 5.75 Å². The molecule has 0 N–H and O–H groups in total. The molecule has 168 valence electrons. The highest BCUT2D eigenvalue weighted by molar-refractivity contribution is 5.83. The Kier molecular flexibility index (Phi) is 6.90. The van der Waals surface area contributed by atoms with Crippen molar-refractivity contribution in [1.29, 1.82) is 0 Å². The van der Waals surface area contributed by atoms with Crippen molar-refractivity contribution in [3.05, 3.63) is 66.8 Å². The fourth-order valence-electron chi connectivity index (χ4n) is 4.16. The highest BCUT2D eigenvalue weighted by atomic mass is 16.5. The minimum atomic E-state index is -0.250. The molecule has 3 aromatic rings. The molecule has 4 rings (SSSR count). The monoisotopic (exact) mass is 433 g/mol. The molecule has 0 bridgehead atoms. The smallest absolute Gasteiger partial charge is 0.313 e. The topological polar surface area (TPSA) is 58.8 Å². The van der Waals surface area contributed by atoms with Crippen molar-refractivity contribution < 1.29 is 13.9 Å². The van der Waals surface area contributed by atoms with Crippen LogP contribution in [0.25, 0.3) is 11.1 Å². The van der Waals surface area contributed by atoms with Gasteiger partial charge in [0.1, 0.15) is 5.76 Å². The van der Waals surface area contributed by atoms with Gasteiger partial charge in [0.05, 0.1) is 18.7 Å². The number of benzene rings is 1. The number of nitrogens with zero attached hydrogens (tertiary/aromatic N) is 3. The Morgan fingerprint density at radius 3 is 2.72 bits per heavy atom. The molecule has 0 radical (unpaired) electrons. The van der Waals surface area contributed by atoms with Crippen LogP contribution >= 0.6 is 0 Å². The first-order valence-corrected chi connectivity index (χ1v) is 11.3. The highest BCUT2D eigenvalue weighted by Gasteiger charge is 2.31. The van der Waals surface area contributed by atoms with Crippen molar-refractivity contribution in [2.45, 2.75) is 39.8 Å². The first-order valence-electron chi connectivity index (χ1n) is 11.3. The maximum absolute atomic E-state index is 12.6. The van der Waals surface area contributed by atoms with E-state index in [2.05, 4.69) is 21.7 Å². The summed E-state index contributed by atoms with van der Waals surface area (Å²) in [5.41, 5.74) is 1.89. The fraction of sp³-hybridized carbons (Fsp3) is 0.385. The maximum atomic E-state index is 12.6. The predicted octanol–water partition coefficient (Wildman–Crippen LogP) is 5.00. The van der Waals surface area contributed by atoms with Gasteiger partial charge < -0.3 is 14.1 Å². The van der Waals surface area contributed by atoms with Gasteiger partial charge in [-0.15, -0.1) is 0 Å². The van der Waals surface area contributed by atoms with Gasteiger partial charge in [-0.2, -0.15) is 0 Å². The van der Waals surface area contributed by atoms with Gasteiger partial charge in [0.2, 0.25) is 0 Å². The SMILES string of the molecule is CCN(Cc1ccco1)[C@@H]1CCN(c2nccc(-c3ccccc3)c2OC(=O)C(C)C)C1. The van der Waals surface area contributed by atoms with Crippen LogP contribution in [0.4, 0.5) is 5.82 Å². The predicted molar refractivity (Wildman–Crippen MR) is 126 cm³/mol. The van der Waals surface area contributed by atoms with E-state index in [1.165, 1.54) is 0 Å². The molecule has 1 aromatic carbocycles. The van der Waals surface area contributed by atoms with E-state index in [0.29, 0.717) is 11.8 Å². The average Bonchev–Trinajstić information content (AvgIpc) is 3.50. The summed E-state index contributed by atoms with van der Waals surface area (Å²) in [6, 6.07) is 16.3. The number of hydrogen-bond acceptors (Lipinski definition) is 6. The Hall–Kier alpha value is -3.12. The third-order valence-corrected chi connectivity index (χ3v) is 5.97. The van der Waals surface area contributed by atoms with Gasteiger partial charge >= 0.3 is 5.97 Å². The summed E-state index contributed by atoms with van der Waals surface area (Å²) in [6.45, 7) is 9.28. The highest BCUT2D eigenvalue weighted by Crippen LogP contribution is 2.39. The summed E-state index contributed by atoms with van der Waals surface area (Å²) < 4.78 is 11.5. The molecular weight excluding hydrogens is 402 g/mol. The quantitative estimate of drug-likeness (QED) is 0.466. The number of hydrogen-bond donors (Lipinski definition) is 0. The minimum Gasteiger partial charge on any atom is -0.468 e. The Morgan fingerprint density at radius 2 is 2.03 bits per heavy atom. The van der Waals surface area contributed by atoms with Crippen LogP contribution in [0, 0.1) is 5.92 Å². The molecule has 1 atom stereocenters. The number of anilines is 1. The summed E-state index contributed by atoms with van der Waals surface area (Å²) in [4.78, 5) is 21.9. The summed E-state index contributed by atoms with van der Waals surface area (Å²) >= 11 is 0. The van der Waals surface area contributed by atoms with Crippen molar-refractivity contribution in [2.24, 2.45) is 5.92 Å². The molecule has 6 heteroatoms. The normalized spacial score (nSPS) is 16.2. The first kappa shape index (κ1) is 22.1. The average molecular weight is 434 g/mol. The number of esters is 1. The second-order valence-electron chi connectivity index (χ2n) is 8.48. The molecule has 1 saturated heterocycles. The Bertz CT molecular complexity index is 1020.